The van der Waals surface area contributed by atoms with E-state index >= 15 is 0 Å². The molecule has 0 spiro atoms. The van der Waals surface area contributed by atoms with Crippen LogP contribution in [0.25, 0.3) is 0 Å². The summed E-state index contributed by atoms with van der Waals surface area (Å²) in [5.41, 5.74) is 0. The highest BCUT2D eigenvalue weighted by Gasteiger charge is 2.50. The summed E-state index contributed by atoms with van der Waals surface area (Å²) in [4.78, 5) is 0. The predicted molar refractivity (Wildman–Crippen MR) is 115 cm³/mol. The van der Waals surface area contributed by atoms with Crippen LogP contribution in [0.2, 0.25) is 0 Å². The van der Waals surface area contributed by atoms with Crippen LogP contribution in [0, 0.1) is 0 Å². The highest BCUT2D eigenvalue weighted by molar-refractivity contribution is 4.94. The average molecular weight is 483 g/mol. The van der Waals surface area contributed by atoms with Crippen molar-refractivity contribution < 1.29 is 54.7 Å². The van der Waals surface area contributed by atoms with E-state index in [1.165, 1.54) is 32.1 Å². The van der Waals surface area contributed by atoms with Crippen LogP contribution in [0.3, 0.4) is 0 Å². The molecule has 196 valence electrons. The highest BCUT2D eigenvalue weighted by Crippen LogP contribution is 2.29. The molecule has 7 N–H and O–H groups in total. The summed E-state index contributed by atoms with van der Waals surface area (Å²) in [6, 6.07) is 0. The molecule has 10 atom stereocenters. The van der Waals surface area contributed by atoms with E-state index in [0.29, 0.717) is 6.61 Å². The van der Waals surface area contributed by atoms with Gasteiger partial charge in [-0.25, -0.2) is 0 Å². The maximum absolute atomic E-state index is 10.6. The number of aliphatic hydroxyl groups excluding tert-OH is 7. The first-order chi connectivity index (χ1) is 15.8. The average Bonchev–Trinajstić information content (AvgIpc) is 2.82. The molecule has 11 nitrogen and oxygen atoms in total. The third-order valence-electron chi connectivity index (χ3n) is 6.24. The smallest absolute Gasteiger partial charge is 0.187 e. The maximum atomic E-state index is 10.6. The fourth-order valence-corrected chi connectivity index (χ4v) is 4.13. The first-order valence-corrected chi connectivity index (χ1v) is 12.1. The molecule has 0 aromatic heterocycles. The molecular weight excluding hydrogens is 440 g/mol. The zero-order valence-electron chi connectivity index (χ0n) is 19.3. The van der Waals surface area contributed by atoms with Crippen molar-refractivity contribution in [3.8, 4) is 0 Å². The van der Waals surface area contributed by atoms with Crippen molar-refractivity contribution in [2.45, 2.75) is 120 Å². The Labute approximate surface area is 194 Å². The summed E-state index contributed by atoms with van der Waals surface area (Å²) < 4.78 is 22.0. The van der Waals surface area contributed by atoms with Gasteiger partial charge in [0.15, 0.2) is 12.6 Å². The minimum Gasteiger partial charge on any atom is -0.394 e. The number of aliphatic hydroxyl groups is 7. The summed E-state index contributed by atoms with van der Waals surface area (Å²) in [5, 5.41) is 69.9. The van der Waals surface area contributed by atoms with Gasteiger partial charge in [0.2, 0.25) is 0 Å². The molecule has 2 fully saturated rings. The van der Waals surface area contributed by atoms with Crippen LogP contribution in [-0.2, 0) is 18.9 Å². The first-order valence-electron chi connectivity index (χ1n) is 12.1. The minimum atomic E-state index is -1.69. The molecule has 0 aliphatic carbocycles. The topological polar surface area (TPSA) is 179 Å². The summed E-state index contributed by atoms with van der Waals surface area (Å²) in [6.45, 7) is 1.28. The van der Waals surface area contributed by atoms with E-state index < -0.39 is 74.6 Å². The van der Waals surface area contributed by atoms with E-state index in [1.807, 2.05) is 0 Å². The lowest BCUT2D eigenvalue weighted by Crippen LogP contribution is -2.64. The maximum Gasteiger partial charge on any atom is 0.187 e. The second kappa shape index (κ2) is 14.8. The fourth-order valence-electron chi connectivity index (χ4n) is 4.13. The molecule has 33 heavy (non-hydrogen) atoms. The summed E-state index contributed by atoms with van der Waals surface area (Å²) in [7, 11) is 0. The van der Waals surface area contributed by atoms with Gasteiger partial charge in [0, 0.05) is 6.61 Å². The predicted octanol–water partition coefficient (Wildman–Crippen LogP) is -1.23. The second-order valence-corrected chi connectivity index (χ2v) is 8.85. The molecule has 0 aromatic carbocycles. The van der Waals surface area contributed by atoms with Crippen molar-refractivity contribution in [1.82, 2.24) is 0 Å². The molecule has 0 amide bonds. The standard InChI is InChI=1S/C22H42O11/c1-2-3-4-5-6-7-8-9-10-30-21-19(29)17(27)20(14(12-24)32-21)33-22-18(28)16(26)15(25)13(11-23)31-22/h13-29H,2-12H2,1H3/t13-,14-,15+,16+,17-,18-,19-,20-,21-,22+/m1/s1. The summed E-state index contributed by atoms with van der Waals surface area (Å²) in [6.07, 6.45) is -5.35. The molecule has 0 aromatic rings. The van der Waals surface area contributed by atoms with E-state index in [2.05, 4.69) is 6.92 Å². The number of hydrogen-bond donors (Lipinski definition) is 7. The minimum absolute atomic E-state index is 0.319. The molecule has 2 heterocycles. The van der Waals surface area contributed by atoms with Crippen LogP contribution < -0.4 is 0 Å². The SMILES string of the molecule is CCCCCCCCCCO[C@@H]1O[C@H](CO)[C@@H](O[C@@H]2O[C@H](CO)[C@H](O)[C@H](O)[C@H]2O)[C@H](O)[C@H]1O. The Morgan fingerprint density at radius 3 is 1.76 bits per heavy atom. The Hall–Kier alpha value is -0.440. The number of unbranched alkanes of at least 4 members (excludes halogenated alkanes) is 7. The van der Waals surface area contributed by atoms with Gasteiger partial charge in [0.05, 0.1) is 13.2 Å². The van der Waals surface area contributed by atoms with Crippen LogP contribution in [0.4, 0.5) is 0 Å². The van der Waals surface area contributed by atoms with Gasteiger partial charge < -0.3 is 54.7 Å². The Bertz CT molecular complexity index is 521. The lowest BCUT2D eigenvalue weighted by atomic mass is 9.97. The third-order valence-corrected chi connectivity index (χ3v) is 6.24. The summed E-state index contributed by atoms with van der Waals surface area (Å²) in [5.74, 6) is 0. The van der Waals surface area contributed by atoms with Crippen molar-refractivity contribution in [3.63, 3.8) is 0 Å². The lowest BCUT2D eigenvalue weighted by Gasteiger charge is -2.45. The Balaban J connectivity index is 1.82. The molecule has 0 bridgehead atoms. The monoisotopic (exact) mass is 482 g/mol. The van der Waals surface area contributed by atoms with Gasteiger partial charge in [0.1, 0.15) is 48.8 Å². The lowest BCUT2D eigenvalue weighted by molar-refractivity contribution is -0.359. The molecule has 11 heteroatoms. The van der Waals surface area contributed by atoms with Gasteiger partial charge in [-0.2, -0.15) is 0 Å². The van der Waals surface area contributed by atoms with E-state index in [1.54, 1.807) is 0 Å². The van der Waals surface area contributed by atoms with E-state index in [-0.39, 0.29) is 0 Å². The van der Waals surface area contributed by atoms with Crippen LogP contribution in [-0.4, -0.2) is 117 Å². The third kappa shape index (κ3) is 8.04. The Kier molecular flexibility index (Phi) is 13.0. The molecule has 2 saturated heterocycles. The van der Waals surface area contributed by atoms with Crippen molar-refractivity contribution in [2.24, 2.45) is 0 Å². The van der Waals surface area contributed by atoms with E-state index in [4.69, 9.17) is 18.9 Å². The van der Waals surface area contributed by atoms with Gasteiger partial charge in [-0.3, -0.25) is 0 Å². The summed E-state index contributed by atoms with van der Waals surface area (Å²) >= 11 is 0. The van der Waals surface area contributed by atoms with Crippen LogP contribution >= 0.6 is 0 Å². The Morgan fingerprint density at radius 2 is 1.15 bits per heavy atom. The van der Waals surface area contributed by atoms with E-state index in [0.717, 1.165) is 19.3 Å². The number of hydrogen-bond acceptors (Lipinski definition) is 11. The highest BCUT2D eigenvalue weighted by atomic mass is 16.7. The molecule has 0 saturated carbocycles. The van der Waals surface area contributed by atoms with Crippen LogP contribution in [0.1, 0.15) is 58.3 Å². The van der Waals surface area contributed by atoms with Gasteiger partial charge in [-0.1, -0.05) is 51.9 Å². The normalized spacial score (nSPS) is 39.6. The first kappa shape index (κ1) is 28.8. The van der Waals surface area contributed by atoms with Gasteiger partial charge in [0.25, 0.3) is 0 Å². The zero-order valence-corrected chi connectivity index (χ0v) is 19.3. The quantitative estimate of drug-likeness (QED) is 0.147. The van der Waals surface area contributed by atoms with Gasteiger partial charge in [-0.05, 0) is 6.42 Å². The van der Waals surface area contributed by atoms with Crippen molar-refractivity contribution in [3.05, 3.63) is 0 Å². The zero-order chi connectivity index (χ0) is 24.4. The molecule has 2 aliphatic heterocycles. The number of rotatable bonds is 14. The van der Waals surface area contributed by atoms with E-state index in [9.17, 15) is 35.7 Å². The largest absolute Gasteiger partial charge is 0.394 e. The van der Waals surface area contributed by atoms with Crippen molar-refractivity contribution >= 4 is 0 Å². The Morgan fingerprint density at radius 1 is 0.606 bits per heavy atom. The molecular formula is C22H42O11. The molecule has 2 aliphatic rings. The van der Waals surface area contributed by atoms with Crippen molar-refractivity contribution in [1.29, 1.82) is 0 Å². The van der Waals surface area contributed by atoms with Crippen LogP contribution in [0.15, 0.2) is 0 Å². The number of ether oxygens (including phenoxy) is 4. The van der Waals surface area contributed by atoms with Gasteiger partial charge in [-0.15, -0.1) is 0 Å². The molecule has 0 radical (unpaired) electrons. The molecule has 0 unspecified atom stereocenters. The fraction of sp³-hybridized carbons (Fsp3) is 1.00. The van der Waals surface area contributed by atoms with Gasteiger partial charge >= 0.3 is 0 Å². The van der Waals surface area contributed by atoms with Crippen LogP contribution in [0.5, 0.6) is 0 Å². The van der Waals surface area contributed by atoms with Crippen molar-refractivity contribution in [2.75, 3.05) is 19.8 Å². The molecule has 2 rings (SSSR count). The second-order valence-electron chi connectivity index (χ2n) is 8.85.